The van der Waals surface area contributed by atoms with E-state index in [4.69, 9.17) is 9.52 Å². The molecule has 0 unspecified atom stereocenters. The minimum atomic E-state index is -0.827. The van der Waals surface area contributed by atoms with E-state index in [-0.39, 0.29) is 6.54 Å². The Morgan fingerprint density at radius 3 is 2.65 bits per heavy atom. The Morgan fingerprint density at radius 1 is 1.47 bits per heavy atom. The minimum Gasteiger partial charge on any atom is -0.480 e. The van der Waals surface area contributed by atoms with Crippen LogP contribution < -0.4 is 0 Å². The molecule has 0 fully saturated rings. The Hall–Kier alpha value is -0.850. The number of halogens is 1. The van der Waals surface area contributed by atoms with Gasteiger partial charge in [-0.05, 0) is 36.1 Å². The molecule has 0 saturated heterocycles. The first kappa shape index (κ1) is 14.2. The maximum atomic E-state index is 10.8. The molecule has 0 aromatic carbocycles. The Balaban J connectivity index is 2.57. The number of rotatable bonds is 7. The lowest BCUT2D eigenvalue weighted by molar-refractivity contribution is -0.138. The lowest BCUT2D eigenvalue weighted by atomic mass is 10.3. The highest BCUT2D eigenvalue weighted by atomic mass is 79.9. The predicted octanol–water partition coefficient (Wildman–Crippen LogP) is 1.49. The van der Waals surface area contributed by atoms with E-state index in [0.29, 0.717) is 13.1 Å². The van der Waals surface area contributed by atoms with Gasteiger partial charge in [-0.3, -0.25) is 9.69 Å². The van der Waals surface area contributed by atoms with Crippen LogP contribution in [0.15, 0.2) is 21.2 Å². The quantitative estimate of drug-likeness (QED) is 0.827. The number of carbonyl (C=O) groups is 1. The molecule has 17 heavy (non-hydrogen) atoms. The molecule has 0 amide bonds. The molecule has 6 heteroatoms. The first-order chi connectivity index (χ1) is 7.99. The maximum Gasteiger partial charge on any atom is 0.317 e. The van der Waals surface area contributed by atoms with Gasteiger partial charge >= 0.3 is 5.97 Å². The molecule has 1 heterocycles. The van der Waals surface area contributed by atoms with Crippen molar-refractivity contribution >= 4 is 21.9 Å². The van der Waals surface area contributed by atoms with E-state index < -0.39 is 5.97 Å². The van der Waals surface area contributed by atoms with Gasteiger partial charge in [0.25, 0.3) is 0 Å². The second-order valence-corrected chi connectivity index (χ2v) is 4.95. The number of hydrogen-bond acceptors (Lipinski definition) is 4. The summed E-state index contributed by atoms with van der Waals surface area (Å²) in [5.41, 5.74) is 0. The van der Waals surface area contributed by atoms with Crippen LogP contribution in [0.5, 0.6) is 0 Å². The van der Waals surface area contributed by atoms with E-state index in [1.54, 1.807) is 12.3 Å². The fourth-order valence-corrected chi connectivity index (χ4v) is 1.71. The molecule has 1 aromatic heterocycles. The Kier molecular flexibility index (Phi) is 5.67. The van der Waals surface area contributed by atoms with Crippen LogP contribution in [0.25, 0.3) is 0 Å². The van der Waals surface area contributed by atoms with Crippen LogP contribution in [0.3, 0.4) is 0 Å². The number of carboxylic acids is 1. The summed E-state index contributed by atoms with van der Waals surface area (Å²) in [5.74, 6) is -0.0727. The molecule has 0 aliphatic rings. The summed E-state index contributed by atoms with van der Waals surface area (Å²) < 4.78 is 6.16. The SMILES string of the molecule is CN(C)CCN(CC(=O)O)Cc1occc1Br. The highest BCUT2D eigenvalue weighted by molar-refractivity contribution is 9.10. The first-order valence-electron chi connectivity index (χ1n) is 5.29. The second kappa shape index (κ2) is 6.78. The van der Waals surface area contributed by atoms with Gasteiger partial charge in [-0.2, -0.15) is 0 Å². The molecule has 0 atom stereocenters. The summed E-state index contributed by atoms with van der Waals surface area (Å²) in [6, 6.07) is 1.81. The Labute approximate surface area is 109 Å². The largest absolute Gasteiger partial charge is 0.480 e. The van der Waals surface area contributed by atoms with E-state index in [9.17, 15) is 4.79 Å². The minimum absolute atomic E-state index is 0.0149. The van der Waals surface area contributed by atoms with E-state index in [1.165, 1.54) is 0 Å². The highest BCUT2D eigenvalue weighted by Gasteiger charge is 2.14. The molecule has 1 aromatic rings. The number of furan rings is 1. The molecule has 0 aliphatic carbocycles. The zero-order valence-corrected chi connectivity index (χ0v) is 11.6. The van der Waals surface area contributed by atoms with Crippen molar-refractivity contribution in [3.63, 3.8) is 0 Å². The summed E-state index contributed by atoms with van der Waals surface area (Å²) in [6.07, 6.45) is 1.59. The van der Waals surface area contributed by atoms with Gasteiger partial charge < -0.3 is 14.4 Å². The lowest BCUT2D eigenvalue weighted by Crippen LogP contribution is -2.35. The van der Waals surface area contributed by atoms with Gasteiger partial charge in [0.2, 0.25) is 0 Å². The standard InChI is InChI=1S/C11H17BrN2O3/c1-13(2)4-5-14(8-11(15)16)7-10-9(12)3-6-17-10/h3,6H,4-5,7-8H2,1-2H3,(H,15,16). The molecule has 0 radical (unpaired) electrons. The van der Waals surface area contributed by atoms with Gasteiger partial charge in [0.05, 0.1) is 23.8 Å². The fraction of sp³-hybridized carbons (Fsp3) is 0.545. The van der Waals surface area contributed by atoms with Crippen molar-refractivity contribution in [2.45, 2.75) is 6.54 Å². The topological polar surface area (TPSA) is 56.9 Å². The molecular formula is C11H17BrN2O3. The molecule has 96 valence electrons. The Morgan fingerprint density at radius 2 is 2.18 bits per heavy atom. The van der Waals surface area contributed by atoms with Crippen LogP contribution in [0, 0.1) is 0 Å². The normalized spacial score (nSPS) is 11.4. The van der Waals surface area contributed by atoms with Crippen molar-refractivity contribution in [3.05, 3.63) is 22.6 Å². The number of aliphatic carboxylic acids is 1. The third kappa shape index (κ3) is 5.34. The van der Waals surface area contributed by atoms with E-state index in [0.717, 1.165) is 16.8 Å². The highest BCUT2D eigenvalue weighted by Crippen LogP contribution is 2.19. The van der Waals surface area contributed by atoms with Crippen molar-refractivity contribution in [2.75, 3.05) is 33.7 Å². The van der Waals surface area contributed by atoms with Crippen LogP contribution >= 0.6 is 15.9 Å². The molecule has 0 bridgehead atoms. The Bertz CT molecular complexity index is 365. The second-order valence-electron chi connectivity index (χ2n) is 4.10. The van der Waals surface area contributed by atoms with E-state index in [1.807, 2.05) is 23.9 Å². The molecule has 5 nitrogen and oxygen atoms in total. The third-order valence-electron chi connectivity index (χ3n) is 2.28. The summed E-state index contributed by atoms with van der Waals surface area (Å²) >= 11 is 3.36. The summed E-state index contributed by atoms with van der Waals surface area (Å²) in [7, 11) is 3.92. The number of likely N-dealkylation sites (N-methyl/N-ethyl adjacent to an activating group) is 1. The van der Waals surface area contributed by atoms with Crippen LogP contribution in [0.2, 0.25) is 0 Å². The van der Waals surface area contributed by atoms with E-state index in [2.05, 4.69) is 15.9 Å². The van der Waals surface area contributed by atoms with Crippen molar-refractivity contribution in [1.82, 2.24) is 9.80 Å². The van der Waals surface area contributed by atoms with Gasteiger partial charge in [-0.1, -0.05) is 0 Å². The maximum absolute atomic E-state index is 10.8. The summed E-state index contributed by atoms with van der Waals surface area (Å²) in [4.78, 5) is 14.6. The van der Waals surface area contributed by atoms with Gasteiger partial charge in [0.15, 0.2) is 0 Å². The van der Waals surface area contributed by atoms with Gasteiger partial charge in [-0.15, -0.1) is 0 Å². The van der Waals surface area contributed by atoms with Gasteiger partial charge in [0.1, 0.15) is 5.76 Å². The molecular weight excluding hydrogens is 288 g/mol. The van der Waals surface area contributed by atoms with Crippen molar-refractivity contribution in [2.24, 2.45) is 0 Å². The molecule has 1 rings (SSSR count). The van der Waals surface area contributed by atoms with Crippen LogP contribution in [0.4, 0.5) is 0 Å². The first-order valence-corrected chi connectivity index (χ1v) is 6.09. The molecule has 0 saturated carbocycles. The molecule has 1 N–H and O–H groups in total. The number of carboxylic acid groups (broad SMARTS) is 1. The molecule has 0 aliphatic heterocycles. The number of hydrogen-bond donors (Lipinski definition) is 1. The summed E-state index contributed by atoms with van der Waals surface area (Å²) in [5, 5.41) is 8.85. The van der Waals surface area contributed by atoms with Gasteiger partial charge in [0, 0.05) is 13.1 Å². The smallest absolute Gasteiger partial charge is 0.317 e. The van der Waals surface area contributed by atoms with Crippen molar-refractivity contribution in [1.29, 1.82) is 0 Å². The van der Waals surface area contributed by atoms with Crippen LogP contribution in [-0.4, -0.2) is 54.6 Å². The zero-order valence-electron chi connectivity index (χ0n) is 10.0. The van der Waals surface area contributed by atoms with Crippen molar-refractivity contribution in [3.8, 4) is 0 Å². The van der Waals surface area contributed by atoms with E-state index >= 15 is 0 Å². The average Bonchev–Trinajstić information content (AvgIpc) is 2.60. The predicted molar refractivity (Wildman–Crippen MR) is 67.9 cm³/mol. The number of nitrogens with zero attached hydrogens (tertiary/aromatic N) is 2. The lowest BCUT2D eigenvalue weighted by Gasteiger charge is -2.21. The molecule has 0 spiro atoms. The van der Waals surface area contributed by atoms with Gasteiger partial charge in [-0.25, -0.2) is 0 Å². The van der Waals surface area contributed by atoms with Crippen LogP contribution in [-0.2, 0) is 11.3 Å². The zero-order chi connectivity index (χ0) is 12.8. The monoisotopic (exact) mass is 304 g/mol. The summed E-state index contributed by atoms with van der Waals surface area (Å²) in [6.45, 7) is 2.01. The van der Waals surface area contributed by atoms with Crippen molar-refractivity contribution < 1.29 is 14.3 Å². The average molecular weight is 305 g/mol. The fourth-order valence-electron chi connectivity index (χ4n) is 1.39. The third-order valence-corrected chi connectivity index (χ3v) is 2.99. The van der Waals surface area contributed by atoms with Crippen LogP contribution in [0.1, 0.15) is 5.76 Å².